The summed E-state index contributed by atoms with van der Waals surface area (Å²) in [5.74, 6) is 0.272. The van der Waals surface area contributed by atoms with E-state index >= 15 is 0 Å². The number of hydrogen-bond acceptors (Lipinski definition) is 4. The van der Waals surface area contributed by atoms with Crippen LogP contribution in [0.5, 0.6) is 0 Å². The van der Waals surface area contributed by atoms with Gasteiger partial charge in [-0.05, 0) is 40.5 Å². The zero-order valence-corrected chi connectivity index (χ0v) is 15.2. The SMILES string of the molecule is CCc1sc(C(=O)N2CCN(C(=O)c3ccco3)CC2)cc1Br. The van der Waals surface area contributed by atoms with Crippen molar-refractivity contribution in [2.45, 2.75) is 13.3 Å². The largest absolute Gasteiger partial charge is 0.459 e. The highest BCUT2D eigenvalue weighted by atomic mass is 79.9. The fourth-order valence-electron chi connectivity index (χ4n) is 2.58. The van der Waals surface area contributed by atoms with Crippen LogP contribution in [0.2, 0.25) is 0 Å². The fraction of sp³-hybridized carbons (Fsp3) is 0.375. The van der Waals surface area contributed by atoms with Gasteiger partial charge in [0.25, 0.3) is 11.8 Å². The van der Waals surface area contributed by atoms with Crippen molar-refractivity contribution in [3.05, 3.63) is 44.4 Å². The van der Waals surface area contributed by atoms with Crippen molar-refractivity contribution in [3.63, 3.8) is 0 Å². The third-order valence-corrected chi connectivity index (χ3v) is 6.11. The van der Waals surface area contributed by atoms with Gasteiger partial charge in [-0.2, -0.15) is 0 Å². The maximum absolute atomic E-state index is 12.6. The molecule has 2 aromatic rings. The molecule has 1 saturated heterocycles. The molecule has 2 aromatic heterocycles. The smallest absolute Gasteiger partial charge is 0.289 e. The highest BCUT2D eigenvalue weighted by molar-refractivity contribution is 9.10. The molecule has 0 spiro atoms. The van der Waals surface area contributed by atoms with Crippen LogP contribution in [-0.2, 0) is 6.42 Å². The van der Waals surface area contributed by atoms with Gasteiger partial charge in [0, 0.05) is 35.5 Å². The lowest BCUT2D eigenvalue weighted by molar-refractivity contribution is 0.0520. The summed E-state index contributed by atoms with van der Waals surface area (Å²) < 4.78 is 6.15. The van der Waals surface area contributed by atoms with E-state index in [1.165, 1.54) is 22.5 Å². The molecule has 0 N–H and O–H groups in total. The molecule has 0 aliphatic carbocycles. The van der Waals surface area contributed by atoms with E-state index in [1.807, 2.05) is 11.0 Å². The molecule has 1 fully saturated rings. The number of carbonyl (C=O) groups is 2. The third kappa shape index (κ3) is 3.35. The van der Waals surface area contributed by atoms with Crippen molar-refractivity contribution in [2.24, 2.45) is 0 Å². The Labute approximate surface area is 147 Å². The summed E-state index contributed by atoms with van der Waals surface area (Å²) >= 11 is 5.03. The van der Waals surface area contributed by atoms with Gasteiger partial charge < -0.3 is 14.2 Å². The Balaban J connectivity index is 1.62. The number of rotatable bonds is 3. The van der Waals surface area contributed by atoms with Crippen LogP contribution in [0.3, 0.4) is 0 Å². The molecule has 7 heteroatoms. The zero-order valence-electron chi connectivity index (χ0n) is 12.8. The summed E-state index contributed by atoms with van der Waals surface area (Å²) in [6.07, 6.45) is 2.40. The van der Waals surface area contributed by atoms with E-state index in [2.05, 4.69) is 22.9 Å². The van der Waals surface area contributed by atoms with Crippen LogP contribution in [0, 0.1) is 0 Å². The van der Waals surface area contributed by atoms with Gasteiger partial charge in [-0.1, -0.05) is 6.92 Å². The normalized spacial score (nSPS) is 15.0. The van der Waals surface area contributed by atoms with Crippen molar-refractivity contribution in [2.75, 3.05) is 26.2 Å². The van der Waals surface area contributed by atoms with Gasteiger partial charge in [-0.3, -0.25) is 9.59 Å². The van der Waals surface area contributed by atoms with E-state index in [0.29, 0.717) is 31.9 Å². The second-order valence-corrected chi connectivity index (χ2v) is 7.29. The average Bonchev–Trinajstić information content (AvgIpc) is 3.23. The van der Waals surface area contributed by atoms with E-state index in [0.717, 1.165) is 15.8 Å². The van der Waals surface area contributed by atoms with Gasteiger partial charge in [-0.25, -0.2) is 0 Å². The van der Waals surface area contributed by atoms with Crippen LogP contribution in [0.25, 0.3) is 0 Å². The number of thiophene rings is 1. The highest BCUT2D eigenvalue weighted by Gasteiger charge is 2.27. The molecule has 0 aromatic carbocycles. The zero-order chi connectivity index (χ0) is 16.4. The molecule has 0 saturated carbocycles. The number of piperazine rings is 1. The highest BCUT2D eigenvalue weighted by Crippen LogP contribution is 2.29. The monoisotopic (exact) mass is 396 g/mol. The van der Waals surface area contributed by atoms with E-state index in [9.17, 15) is 9.59 Å². The van der Waals surface area contributed by atoms with Crippen LogP contribution >= 0.6 is 27.3 Å². The predicted molar refractivity (Wildman–Crippen MR) is 91.9 cm³/mol. The molecule has 3 rings (SSSR count). The molecule has 5 nitrogen and oxygen atoms in total. The van der Waals surface area contributed by atoms with Crippen molar-refractivity contribution in [1.82, 2.24) is 9.80 Å². The Morgan fingerprint density at radius 3 is 2.39 bits per heavy atom. The number of halogens is 1. The molecule has 0 unspecified atom stereocenters. The first-order valence-electron chi connectivity index (χ1n) is 7.50. The maximum Gasteiger partial charge on any atom is 0.289 e. The first kappa shape index (κ1) is 16.3. The fourth-order valence-corrected chi connectivity index (χ4v) is 4.44. The molecule has 0 atom stereocenters. The second-order valence-electron chi connectivity index (χ2n) is 5.30. The molecule has 0 radical (unpaired) electrons. The van der Waals surface area contributed by atoms with E-state index in [4.69, 9.17) is 4.42 Å². The van der Waals surface area contributed by atoms with Gasteiger partial charge in [0.15, 0.2) is 5.76 Å². The minimum absolute atomic E-state index is 0.0421. The Bertz CT molecular complexity index is 703. The minimum atomic E-state index is -0.116. The first-order chi connectivity index (χ1) is 11.1. The molecule has 1 aliphatic heterocycles. The predicted octanol–water partition coefficient (Wildman–Crippen LogP) is 3.26. The lowest BCUT2D eigenvalue weighted by Crippen LogP contribution is -2.50. The van der Waals surface area contributed by atoms with E-state index in [1.54, 1.807) is 17.0 Å². The molecular weight excluding hydrogens is 380 g/mol. The summed E-state index contributed by atoms with van der Waals surface area (Å²) in [6, 6.07) is 5.26. The minimum Gasteiger partial charge on any atom is -0.459 e. The van der Waals surface area contributed by atoms with Crippen molar-refractivity contribution < 1.29 is 14.0 Å². The maximum atomic E-state index is 12.6. The summed E-state index contributed by atoms with van der Waals surface area (Å²) in [6.45, 7) is 4.21. The second kappa shape index (κ2) is 6.88. The summed E-state index contributed by atoms with van der Waals surface area (Å²) in [5, 5.41) is 0. The number of furan rings is 1. The summed E-state index contributed by atoms with van der Waals surface area (Å²) in [7, 11) is 0. The Morgan fingerprint density at radius 2 is 1.87 bits per heavy atom. The Hall–Kier alpha value is -1.60. The van der Waals surface area contributed by atoms with Gasteiger partial charge in [0.05, 0.1) is 11.1 Å². The molecule has 2 amide bonds. The molecule has 23 heavy (non-hydrogen) atoms. The summed E-state index contributed by atoms with van der Waals surface area (Å²) in [5.41, 5.74) is 0. The number of amides is 2. The van der Waals surface area contributed by atoms with Gasteiger partial charge in [0.2, 0.25) is 0 Å². The van der Waals surface area contributed by atoms with Crippen LogP contribution in [0.15, 0.2) is 33.4 Å². The van der Waals surface area contributed by atoms with Crippen LogP contribution in [0.1, 0.15) is 32.0 Å². The van der Waals surface area contributed by atoms with Crippen LogP contribution in [-0.4, -0.2) is 47.8 Å². The van der Waals surface area contributed by atoms with Crippen molar-refractivity contribution in [1.29, 1.82) is 0 Å². The number of aryl methyl sites for hydroxylation is 1. The van der Waals surface area contributed by atoms with E-state index < -0.39 is 0 Å². The van der Waals surface area contributed by atoms with Gasteiger partial charge in [-0.15, -0.1) is 11.3 Å². The Morgan fingerprint density at radius 1 is 1.22 bits per heavy atom. The quantitative estimate of drug-likeness (QED) is 0.799. The lowest BCUT2D eigenvalue weighted by Gasteiger charge is -2.34. The average molecular weight is 397 g/mol. The van der Waals surface area contributed by atoms with Gasteiger partial charge >= 0.3 is 0 Å². The number of nitrogens with zero attached hydrogens (tertiary/aromatic N) is 2. The first-order valence-corrected chi connectivity index (χ1v) is 9.11. The molecular formula is C16H17BrN2O3S. The van der Waals surface area contributed by atoms with Crippen molar-refractivity contribution in [3.8, 4) is 0 Å². The van der Waals surface area contributed by atoms with Crippen molar-refractivity contribution >= 4 is 39.1 Å². The van der Waals surface area contributed by atoms with Gasteiger partial charge in [0.1, 0.15) is 0 Å². The lowest BCUT2D eigenvalue weighted by atomic mass is 10.2. The topological polar surface area (TPSA) is 53.8 Å². The molecule has 122 valence electrons. The molecule has 1 aliphatic rings. The molecule has 0 bridgehead atoms. The summed E-state index contributed by atoms with van der Waals surface area (Å²) in [4.78, 5) is 30.3. The van der Waals surface area contributed by atoms with Crippen LogP contribution < -0.4 is 0 Å². The van der Waals surface area contributed by atoms with E-state index in [-0.39, 0.29) is 11.8 Å². The number of carbonyl (C=O) groups excluding carboxylic acids is 2. The third-order valence-electron chi connectivity index (χ3n) is 3.88. The molecule has 3 heterocycles. The Kier molecular flexibility index (Phi) is 4.87. The van der Waals surface area contributed by atoms with Crippen LogP contribution in [0.4, 0.5) is 0 Å². The standard InChI is InChI=1S/C16H17BrN2O3S/c1-2-13-11(17)10-14(23-13)16(21)19-7-5-18(6-8-19)15(20)12-4-3-9-22-12/h3-4,9-10H,2,5-8H2,1H3. The number of hydrogen-bond donors (Lipinski definition) is 0.